The molecule has 1 heterocycles. The molecule has 19 heavy (non-hydrogen) atoms. The van der Waals surface area contributed by atoms with E-state index in [9.17, 15) is 18.0 Å². The van der Waals surface area contributed by atoms with Crippen molar-refractivity contribution in [2.75, 3.05) is 0 Å². The molecule has 100 valence electrons. The Labute approximate surface area is 115 Å². The monoisotopic (exact) mass is 307 g/mol. The quantitative estimate of drug-likeness (QED) is 0.834. The maximum absolute atomic E-state index is 12.5. The molecule has 0 fully saturated rings. The van der Waals surface area contributed by atoms with Gasteiger partial charge in [-0.3, -0.25) is 4.79 Å². The Kier molecular flexibility index (Phi) is 3.60. The van der Waals surface area contributed by atoms with Gasteiger partial charge in [-0.15, -0.1) is 0 Å². The van der Waals surface area contributed by atoms with Crippen LogP contribution in [0.1, 0.15) is 5.56 Å². The van der Waals surface area contributed by atoms with Crippen LogP contribution in [0.5, 0.6) is 0 Å². The smallest absolute Gasteiger partial charge is 0.360 e. The molecule has 2 aromatic rings. The minimum atomic E-state index is -4.69. The molecular weight excluding hydrogens is 302 g/mol. The van der Waals surface area contributed by atoms with Crippen LogP contribution < -0.4 is 5.43 Å². The summed E-state index contributed by atoms with van der Waals surface area (Å²) in [6.07, 6.45) is -4.07. The molecule has 1 aromatic heterocycles. The summed E-state index contributed by atoms with van der Waals surface area (Å²) in [5.74, 6) is 0. The maximum atomic E-state index is 12.5. The molecule has 0 radical (unpaired) electrons. The summed E-state index contributed by atoms with van der Waals surface area (Å²) >= 11 is 11.7. The predicted molar refractivity (Wildman–Crippen MR) is 67.5 cm³/mol. The van der Waals surface area contributed by atoms with Gasteiger partial charge < -0.3 is 4.98 Å². The molecule has 0 unspecified atom stereocenters. The standard InChI is InChI=1S/C12H6Cl2F3NO/c13-8-3-1-2-6(11(8)14)9-4-10(19)7(5-18-9)12(15,16)17/h1-5H,(H,18,19). The van der Waals surface area contributed by atoms with E-state index in [-0.39, 0.29) is 15.7 Å². The van der Waals surface area contributed by atoms with Crippen LogP contribution in [0.25, 0.3) is 11.3 Å². The Morgan fingerprint density at radius 2 is 1.84 bits per heavy atom. The second-order valence-electron chi connectivity index (χ2n) is 3.72. The fourth-order valence-corrected chi connectivity index (χ4v) is 1.96. The fraction of sp³-hybridized carbons (Fsp3) is 0.0833. The molecule has 0 aliphatic rings. The van der Waals surface area contributed by atoms with Crippen LogP contribution in [-0.4, -0.2) is 4.98 Å². The third-order valence-electron chi connectivity index (χ3n) is 2.46. The van der Waals surface area contributed by atoms with Gasteiger partial charge in [0.25, 0.3) is 0 Å². The van der Waals surface area contributed by atoms with Gasteiger partial charge >= 0.3 is 6.18 Å². The molecule has 0 atom stereocenters. The van der Waals surface area contributed by atoms with Gasteiger partial charge in [-0.1, -0.05) is 35.3 Å². The lowest BCUT2D eigenvalue weighted by molar-refractivity contribution is -0.138. The van der Waals surface area contributed by atoms with Gasteiger partial charge in [0.15, 0.2) is 5.43 Å². The van der Waals surface area contributed by atoms with Gasteiger partial charge in [-0.05, 0) is 6.07 Å². The second kappa shape index (κ2) is 4.90. The van der Waals surface area contributed by atoms with Crippen molar-refractivity contribution in [3.8, 4) is 11.3 Å². The Balaban J connectivity index is 2.58. The number of halogens is 5. The van der Waals surface area contributed by atoms with Crippen LogP contribution >= 0.6 is 23.2 Å². The molecular formula is C12H6Cl2F3NO. The van der Waals surface area contributed by atoms with E-state index in [4.69, 9.17) is 23.2 Å². The van der Waals surface area contributed by atoms with E-state index in [0.29, 0.717) is 11.8 Å². The average molecular weight is 308 g/mol. The molecule has 2 rings (SSSR count). The van der Waals surface area contributed by atoms with E-state index >= 15 is 0 Å². The number of benzene rings is 1. The Hall–Kier alpha value is -1.46. The van der Waals surface area contributed by atoms with E-state index < -0.39 is 17.2 Å². The molecule has 7 heteroatoms. The molecule has 0 spiro atoms. The topological polar surface area (TPSA) is 32.9 Å². The van der Waals surface area contributed by atoms with Crippen LogP contribution in [0, 0.1) is 0 Å². The van der Waals surface area contributed by atoms with Crippen LogP contribution in [0.15, 0.2) is 35.3 Å². The van der Waals surface area contributed by atoms with Crippen molar-refractivity contribution >= 4 is 23.2 Å². The molecule has 0 saturated heterocycles. The number of hydrogen-bond donors (Lipinski definition) is 1. The van der Waals surface area contributed by atoms with E-state index in [2.05, 4.69) is 4.98 Å². The summed E-state index contributed by atoms with van der Waals surface area (Å²) in [7, 11) is 0. The van der Waals surface area contributed by atoms with Gasteiger partial charge in [0.1, 0.15) is 5.56 Å². The SMILES string of the molecule is O=c1cc(-c2cccc(Cl)c2Cl)[nH]cc1C(F)(F)F. The minimum absolute atomic E-state index is 0.166. The normalized spacial score (nSPS) is 11.6. The van der Waals surface area contributed by atoms with E-state index in [1.807, 2.05) is 0 Å². The van der Waals surface area contributed by atoms with Gasteiger partial charge in [0.05, 0.1) is 15.7 Å². The highest BCUT2D eigenvalue weighted by molar-refractivity contribution is 6.43. The van der Waals surface area contributed by atoms with Gasteiger partial charge in [-0.2, -0.15) is 13.2 Å². The fourth-order valence-electron chi connectivity index (χ4n) is 1.56. The van der Waals surface area contributed by atoms with E-state index in [1.165, 1.54) is 6.07 Å². The van der Waals surface area contributed by atoms with Crippen LogP contribution in [-0.2, 0) is 6.18 Å². The summed E-state index contributed by atoms with van der Waals surface area (Å²) in [4.78, 5) is 13.8. The molecule has 0 aliphatic carbocycles. The number of hydrogen-bond acceptors (Lipinski definition) is 1. The molecule has 0 bridgehead atoms. The zero-order chi connectivity index (χ0) is 14.2. The Morgan fingerprint density at radius 3 is 2.42 bits per heavy atom. The summed E-state index contributed by atoms with van der Waals surface area (Å²) in [5.41, 5.74) is -1.85. The third kappa shape index (κ3) is 2.77. The highest BCUT2D eigenvalue weighted by atomic mass is 35.5. The minimum Gasteiger partial charge on any atom is -0.360 e. The van der Waals surface area contributed by atoms with Gasteiger partial charge in [-0.25, -0.2) is 0 Å². The van der Waals surface area contributed by atoms with Crippen molar-refractivity contribution < 1.29 is 13.2 Å². The molecule has 0 saturated carbocycles. The lowest BCUT2D eigenvalue weighted by Crippen LogP contribution is -2.19. The van der Waals surface area contributed by atoms with Crippen molar-refractivity contribution in [3.63, 3.8) is 0 Å². The van der Waals surface area contributed by atoms with Crippen molar-refractivity contribution in [1.29, 1.82) is 0 Å². The lowest BCUT2D eigenvalue weighted by Gasteiger charge is -2.09. The number of pyridine rings is 1. The average Bonchev–Trinajstić information content (AvgIpc) is 2.31. The van der Waals surface area contributed by atoms with Gasteiger partial charge in [0, 0.05) is 17.8 Å². The lowest BCUT2D eigenvalue weighted by atomic mass is 10.1. The summed E-state index contributed by atoms with van der Waals surface area (Å²) in [6, 6.07) is 5.52. The molecule has 1 N–H and O–H groups in total. The first-order valence-corrected chi connectivity index (χ1v) is 5.80. The Morgan fingerprint density at radius 1 is 1.16 bits per heavy atom. The first-order valence-electron chi connectivity index (χ1n) is 5.05. The van der Waals surface area contributed by atoms with E-state index in [1.54, 1.807) is 12.1 Å². The molecule has 0 amide bonds. The number of aromatic nitrogens is 1. The summed E-state index contributed by atoms with van der Waals surface area (Å²) in [5, 5.41) is 0.416. The zero-order valence-electron chi connectivity index (χ0n) is 9.18. The third-order valence-corrected chi connectivity index (χ3v) is 3.28. The number of rotatable bonds is 1. The summed E-state index contributed by atoms with van der Waals surface area (Å²) in [6.45, 7) is 0. The van der Waals surface area contributed by atoms with Crippen molar-refractivity contribution in [3.05, 3.63) is 56.3 Å². The second-order valence-corrected chi connectivity index (χ2v) is 4.51. The first kappa shape index (κ1) is 14.0. The number of H-pyrrole nitrogens is 1. The van der Waals surface area contributed by atoms with Crippen molar-refractivity contribution in [2.45, 2.75) is 6.18 Å². The Bertz CT molecular complexity index is 679. The van der Waals surface area contributed by atoms with Crippen molar-refractivity contribution in [1.82, 2.24) is 4.98 Å². The van der Waals surface area contributed by atoms with Crippen LogP contribution in [0.4, 0.5) is 13.2 Å². The van der Waals surface area contributed by atoms with E-state index in [0.717, 1.165) is 6.07 Å². The van der Waals surface area contributed by atoms with Gasteiger partial charge in [0.2, 0.25) is 0 Å². The highest BCUT2D eigenvalue weighted by Crippen LogP contribution is 2.33. The predicted octanol–water partition coefficient (Wildman–Crippen LogP) is 4.37. The van der Waals surface area contributed by atoms with Crippen LogP contribution in [0.2, 0.25) is 10.0 Å². The number of aromatic amines is 1. The molecule has 0 aliphatic heterocycles. The molecule has 1 aromatic carbocycles. The first-order chi connectivity index (χ1) is 8.80. The van der Waals surface area contributed by atoms with Crippen LogP contribution in [0.3, 0.4) is 0 Å². The maximum Gasteiger partial charge on any atom is 0.421 e. The number of nitrogens with one attached hydrogen (secondary N) is 1. The summed E-state index contributed by atoms with van der Waals surface area (Å²) < 4.78 is 37.4. The largest absolute Gasteiger partial charge is 0.421 e. The highest BCUT2D eigenvalue weighted by Gasteiger charge is 2.33. The van der Waals surface area contributed by atoms with Crippen molar-refractivity contribution in [2.24, 2.45) is 0 Å². The molecule has 2 nitrogen and oxygen atoms in total. The number of alkyl halides is 3. The zero-order valence-corrected chi connectivity index (χ0v) is 10.7.